The Labute approximate surface area is 172 Å². The first kappa shape index (κ1) is 20.3. The average Bonchev–Trinajstić information content (AvgIpc) is 2.80. The van der Waals surface area contributed by atoms with E-state index in [4.69, 9.17) is 5.73 Å². The van der Waals surface area contributed by atoms with Crippen LogP contribution in [-0.2, 0) is 14.4 Å². The molecular weight excluding hydrogens is 353 g/mol. The summed E-state index contributed by atoms with van der Waals surface area (Å²) in [4.78, 5) is 37.2. The third-order valence-corrected chi connectivity index (χ3v) is 5.97. The van der Waals surface area contributed by atoms with E-state index in [2.05, 4.69) is 5.32 Å². The molecule has 0 spiro atoms. The van der Waals surface area contributed by atoms with Crippen LogP contribution >= 0.6 is 11.8 Å². The van der Waals surface area contributed by atoms with Gasteiger partial charge >= 0.3 is 29.6 Å². The maximum atomic E-state index is 12.3. The number of thioether (sulfide) groups is 1. The molecule has 3 N–H and O–H groups in total. The summed E-state index contributed by atoms with van der Waals surface area (Å²) in [6, 6.07) is 6.19. The Hall–Kier alpha value is -1.06. The van der Waals surface area contributed by atoms with Crippen LogP contribution in [0, 0.1) is 0 Å². The number of carboxylic acid groups (broad SMARTS) is 1. The molecule has 4 atom stereocenters. The maximum absolute atomic E-state index is 12.3. The Balaban J connectivity index is 0.00000225. The van der Waals surface area contributed by atoms with Crippen molar-refractivity contribution in [3.8, 4) is 0 Å². The van der Waals surface area contributed by atoms with Crippen molar-refractivity contribution in [1.82, 2.24) is 10.2 Å². The molecule has 2 fully saturated rings. The number of rotatable bonds is 4. The third kappa shape index (κ3) is 3.46. The number of fused-ring (bicyclic) bond motifs is 1. The molecule has 25 heavy (non-hydrogen) atoms. The minimum absolute atomic E-state index is 0. The number of carbonyl (C=O) groups is 3. The van der Waals surface area contributed by atoms with E-state index in [9.17, 15) is 19.5 Å². The number of hydrogen-bond acceptors (Lipinski definition) is 6. The molecule has 128 valence electrons. The van der Waals surface area contributed by atoms with Gasteiger partial charge in [-0.3, -0.25) is 9.59 Å². The normalized spacial score (nSPS) is 27.6. The van der Waals surface area contributed by atoms with Gasteiger partial charge in [-0.05, 0) is 19.4 Å². The second kappa shape index (κ2) is 7.28. The summed E-state index contributed by atoms with van der Waals surface area (Å²) in [5.74, 6) is -2.16. The van der Waals surface area contributed by atoms with E-state index in [1.165, 1.54) is 16.7 Å². The number of carbonyl (C=O) groups excluding carboxylic acids is 3. The Morgan fingerprint density at radius 1 is 1.32 bits per heavy atom. The van der Waals surface area contributed by atoms with Crippen molar-refractivity contribution in [1.29, 1.82) is 0 Å². The number of carboxylic acids is 1. The zero-order chi connectivity index (χ0) is 17.6. The number of nitrogens with one attached hydrogen (secondary N) is 1. The van der Waals surface area contributed by atoms with Gasteiger partial charge < -0.3 is 25.9 Å². The quantitative estimate of drug-likeness (QED) is 0.412. The van der Waals surface area contributed by atoms with Gasteiger partial charge in [0, 0.05) is 4.75 Å². The van der Waals surface area contributed by atoms with Crippen molar-refractivity contribution in [2.75, 3.05) is 0 Å². The minimum Gasteiger partial charge on any atom is -0.548 e. The second-order valence-electron chi connectivity index (χ2n) is 6.45. The third-order valence-electron chi connectivity index (χ3n) is 4.40. The Morgan fingerprint density at radius 2 is 1.92 bits per heavy atom. The number of benzene rings is 1. The number of aliphatic carboxylic acids is 1. The molecule has 2 amide bonds. The van der Waals surface area contributed by atoms with Crippen molar-refractivity contribution in [2.24, 2.45) is 5.73 Å². The molecule has 7 nitrogen and oxygen atoms in total. The predicted molar refractivity (Wildman–Crippen MR) is 86.4 cm³/mol. The van der Waals surface area contributed by atoms with Gasteiger partial charge in [0.15, 0.2) is 0 Å². The summed E-state index contributed by atoms with van der Waals surface area (Å²) in [6.45, 7) is 3.50. The first-order valence-corrected chi connectivity index (χ1v) is 8.44. The number of hydrogen-bond donors (Lipinski definition) is 2. The number of nitrogens with zero attached hydrogens (tertiary/aromatic N) is 1. The van der Waals surface area contributed by atoms with Crippen LogP contribution in [0.2, 0.25) is 0 Å². The smallest absolute Gasteiger partial charge is 0.548 e. The topological polar surface area (TPSA) is 116 Å². The minimum atomic E-state index is -1.28. The van der Waals surface area contributed by atoms with Crippen molar-refractivity contribution in [3.05, 3.63) is 35.9 Å². The Kier molecular flexibility index (Phi) is 5.90. The summed E-state index contributed by atoms with van der Waals surface area (Å²) in [5.41, 5.74) is 6.57. The summed E-state index contributed by atoms with van der Waals surface area (Å²) >= 11 is 1.34. The Morgan fingerprint density at radius 3 is 2.48 bits per heavy atom. The van der Waals surface area contributed by atoms with E-state index in [1.54, 1.807) is 38.1 Å². The molecule has 0 bridgehead atoms. The molecular formula is C16H18N3NaO4S. The SMILES string of the molecule is CC1(C)S[C@H]2[C@@H](NC(=O)[C@@H](N)c3ccccc3)C(=O)N2[C@@H]1C(=O)[O-].[Na+]. The van der Waals surface area contributed by atoms with Gasteiger partial charge in [0.2, 0.25) is 11.8 Å². The number of β-lactam (4-membered cyclic amide) rings is 1. The zero-order valence-corrected chi connectivity index (χ0v) is 17.1. The van der Waals surface area contributed by atoms with Gasteiger partial charge in [-0.2, -0.15) is 0 Å². The predicted octanol–water partition coefficient (Wildman–Crippen LogP) is -4.01. The number of amides is 2. The van der Waals surface area contributed by atoms with Gasteiger partial charge in [-0.1, -0.05) is 30.3 Å². The molecule has 0 radical (unpaired) electrons. The van der Waals surface area contributed by atoms with Crippen LogP contribution in [0.3, 0.4) is 0 Å². The van der Waals surface area contributed by atoms with E-state index in [0.717, 1.165) is 0 Å². The molecule has 2 aliphatic rings. The van der Waals surface area contributed by atoms with Gasteiger partial charge in [-0.25, -0.2) is 0 Å². The molecule has 2 heterocycles. The van der Waals surface area contributed by atoms with Gasteiger partial charge in [-0.15, -0.1) is 11.8 Å². The van der Waals surface area contributed by atoms with Crippen LogP contribution in [0.1, 0.15) is 25.5 Å². The first-order chi connectivity index (χ1) is 11.2. The molecule has 9 heteroatoms. The summed E-state index contributed by atoms with van der Waals surface area (Å²) in [5, 5.41) is 13.6. The largest absolute Gasteiger partial charge is 1.00 e. The van der Waals surface area contributed by atoms with Crippen LogP contribution < -0.4 is 45.7 Å². The first-order valence-electron chi connectivity index (χ1n) is 7.56. The van der Waals surface area contributed by atoms with Crippen LogP contribution in [0.4, 0.5) is 0 Å². The van der Waals surface area contributed by atoms with Crippen LogP contribution in [-0.4, -0.2) is 44.9 Å². The van der Waals surface area contributed by atoms with Crippen LogP contribution in [0.15, 0.2) is 30.3 Å². The maximum Gasteiger partial charge on any atom is 1.00 e. The fraction of sp³-hybridized carbons (Fsp3) is 0.438. The molecule has 3 rings (SSSR count). The van der Waals surface area contributed by atoms with Gasteiger partial charge in [0.1, 0.15) is 17.5 Å². The van der Waals surface area contributed by atoms with Crippen molar-refractivity contribution < 1.29 is 49.0 Å². The zero-order valence-electron chi connectivity index (χ0n) is 14.3. The molecule has 1 aromatic rings. The molecule has 1 aromatic carbocycles. The average molecular weight is 371 g/mol. The molecule has 0 saturated carbocycles. The van der Waals surface area contributed by atoms with Crippen molar-refractivity contribution >= 4 is 29.5 Å². The standard InChI is InChI=1S/C16H19N3O4S.Na/c1-16(2)11(15(22)23)19-13(21)10(14(19)24-16)18-12(20)9(17)8-6-4-3-5-7-8;/h3-7,9-11,14H,17H2,1-2H3,(H,18,20)(H,22,23);/q;+1/p-1/t9-,10-,11+,14-;/m0./s1. The van der Waals surface area contributed by atoms with Crippen molar-refractivity contribution in [3.63, 3.8) is 0 Å². The van der Waals surface area contributed by atoms with Crippen LogP contribution in [0.25, 0.3) is 0 Å². The van der Waals surface area contributed by atoms with E-state index in [1.807, 2.05) is 6.07 Å². The molecule has 2 saturated heterocycles. The van der Waals surface area contributed by atoms with E-state index < -0.39 is 46.0 Å². The molecule has 0 aromatic heterocycles. The summed E-state index contributed by atoms with van der Waals surface area (Å²) in [7, 11) is 0. The van der Waals surface area contributed by atoms with Crippen molar-refractivity contribution in [2.45, 2.75) is 42.1 Å². The second-order valence-corrected chi connectivity index (χ2v) is 8.22. The van der Waals surface area contributed by atoms with E-state index in [0.29, 0.717) is 5.56 Å². The molecule has 0 unspecified atom stereocenters. The van der Waals surface area contributed by atoms with E-state index >= 15 is 0 Å². The van der Waals surface area contributed by atoms with E-state index in [-0.39, 0.29) is 29.6 Å². The summed E-state index contributed by atoms with van der Waals surface area (Å²) < 4.78 is -0.680. The fourth-order valence-electron chi connectivity index (χ4n) is 3.18. The Bertz CT molecular complexity index is 700. The van der Waals surface area contributed by atoms with Gasteiger partial charge in [0.25, 0.3) is 0 Å². The monoisotopic (exact) mass is 371 g/mol. The molecule has 2 aliphatic heterocycles. The van der Waals surface area contributed by atoms with Gasteiger partial charge in [0.05, 0.1) is 12.0 Å². The summed E-state index contributed by atoms with van der Waals surface area (Å²) in [6.07, 6.45) is 0. The molecule has 0 aliphatic carbocycles. The van der Waals surface area contributed by atoms with Crippen LogP contribution in [0.5, 0.6) is 0 Å². The number of nitrogens with two attached hydrogens (primary N) is 1. The fourth-order valence-corrected chi connectivity index (χ4v) is 4.80.